The van der Waals surface area contributed by atoms with E-state index in [9.17, 15) is 4.79 Å². The minimum Gasteiger partial charge on any atom is -0.489 e. The van der Waals surface area contributed by atoms with Gasteiger partial charge in [-0.3, -0.25) is 9.78 Å². The summed E-state index contributed by atoms with van der Waals surface area (Å²) < 4.78 is 7.80. The average Bonchev–Trinajstić information content (AvgIpc) is 3.33. The number of pyridine rings is 1. The Labute approximate surface area is 175 Å². The van der Waals surface area contributed by atoms with E-state index < -0.39 is 0 Å². The standard InChI is InChI=1S/C23H16N4O2S/c28-22-20(30-23-25-21(26-27(22)23)18-9-11-24-12-10-18)14-17-7-4-8-19(13-17)29-15-16-5-2-1-3-6-16/h1-14H,15H2/b20-14-. The zero-order valence-corrected chi connectivity index (χ0v) is 16.6. The summed E-state index contributed by atoms with van der Waals surface area (Å²) in [5.74, 6) is 1.27. The molecular weight excluding hydrogens is 396 g/mol. The molecule has 0 radical (unpaired) electrons. The molecule has 3 heterocycles. The molecule has 7 heteroatoms. The van der Waals surface area contributed by atoms with E-state index in [1.165, 1.54) is 15.9 Å². The first-order valence-electron chi connectivity index (χ1n) is 9.35. The summed E-state index contributed by atoms with van der Waals surface area (Å²) in [7, 11) is 0. The van der Waals surface area contributed by atoms with Crippen LogP contribution in [0.2, 0.25) is 0 Å². The Morgan fingerprint density at radius 2 is 1.83 bits per heavy atom. The summed E-state index contributed by atoms with van der Waals surface area (Å²) in [6.45, 7) is 0.492. The first-order valence-corrected chi connectivity index (χ1v) is 10.2. The molecule has 3 aromatic heterocycles. The summed E-state index contributed by atoms with van der Waals surface area (Å²) >= 11 is 1.32. The van der Waals surface area contributed by atoms with Crippen molar-refractivity contribution in [1.29, 1.82) is 0 Å². The Kier molecular flexibility index (Phi) is 4.78. The van der Waals surface area contributed by atoms with Gasteiger partial charge >= 0.3 is 0 Å². The fourth-order valence-electron chi connectivity index (χ4n) is 3.04. The number of hydrogen-bond acceptors (Lipinski definition) is 6. The average molecular weight is 412 g/mol. The first-order chi connectivity index (χ1) is 14.8. The molecule has 6 nitrogen and oxygen atoms in total. The summed E-state index contributed by atoms with van der Waals surface area (Å²) in [6, 6.07) is 21.3. The number of thiazole rings is 1. The van der Waals surface area contributed by atoms with Crippen molar-refractivity contribution >= 4 is 22.4 Å². The molecule has 0 amide bonds. The number of benzene rings is 2. The highest BCUT2D eigenvalue weighted by Gasteiger charge is 2.11. The van der Waals surface area contributed by atoms with Gasteiger partial charge < -0.3 is 4.74 Å². The van der Waals surface area contributed by atoms with Crippen molar-refractivity contribution in [3.8, 4) is 17.1 Å². The van der Waals surface area contributed by atoms with Gasteiger partial charge in [-0.05, 0) is 41.5 Å². The molecule has 30 heavy (non-hydrogen) atoms. The van der Waals surface area contributed by atoms with Crippen LogP contribution in [0, 0.1) is 0 Å². The van der Waals surface area contributed by atoms with Crippen LogP contribution in [0.5, 0.6) is 5.75 Å². The Balaban J connectivity index is 1.42. The molecule has 5 rings (SSSR count). The van der Waals surface area contributed by atoms with Crippen LogP contribution in [0.4, 0.5) is 0 Å². The van der Waals surface area contributed by atoms with E-state index in [4.69, 9.17) is 4.74 Å². The zero-order valence-electron chi connectivity index (χ0n) is 15.8. The molecule has 0 bridgehead atoms. The molecular formula is C23H16N4O2S. The minimum absolute atomic E-state index is 0.182. The number of ether oxygens (including phenoxy) is 1. The summed E-state index contributed by atoms with van der Waals surface area (Å²) in [5, 5.41) is 4.36. The normalized spacial score (nSPS) is 11.8. The summed E-state index contributed by atoms with van der Waals surface area (Å²) in [5.41, 5.74) is 2.63. The van der Waals surface area contributed by atoms with E-state index in [1.807, 2.05) is 72.8 Å². The largest absolute Gasteiger partial charge is 0.489 e. The number of nitrogens with zero attached hydrogens (tertiary/aromatic N) is 4. The van der Waals surface area contributed by atoms with Crippen molar-refractivity contribution in [2.45, 2.75) is 6.61 Å². The second-order valence-electron chi connectivity index (χ2n) is 6.63. The maximum absolute atomic E-state index is 12.8. The molecule has 2 aromatic carbocycles. The van der Waals surface area contributed by atoms with Crippen LogP contribution in [0.3, 0.4) is 0 Å². The van der Waals surface area contributed by atoms with Crippen LogP contribution in [-0.4, -0.2) is 19.6 Å². The maximum Gasteiger partial charge on any atom is 0.291 e. The molecule has 0 aliphatic heterocycles. The fourth-order valence-corrected chi connectivity index (χ4v) is 3.95. The highest BCUT2D eigenvalue weighted by molar-refractivity contribution is 7.15. The van der Waals surface area contributed by atoms with Crippen molar-refractivity contribution in [3.63, 3.8) is 0 Å². The quantitative estimate of drug-likeness (QED) is 0.443. The molecule has 5 aromatic rings. The van der Waals surface area contributed by atoms with Crippen LogP contribution in [-0.2, 0) is 6.61 Å². The molecule has 0 saturated carbocycles. The molecule has 0 spiro atoms. The van der Waals surface area contributed by atoms with Crippen molar-refractivity contribution < 1.29 is 4.74 Å². The van der Waals surface area contributed by atoms with E-state index in [2.05, 4.69) is 15.1 Å². The van der Waals surface area contributed by atoms with Crippen molar-refractivity contribution in [3.05, 3.63) is 105 Å². The summed E-state index contributed by atoms with van der Waals surface area (Å²) in [6.07, 6.45) is 5.19. The number of rotatable bonds is 5. The molecule has 0 aliphatic carbocycles. The van der Waals surface area contributed by atoms with Gasteiger partial charge in [0.05, 0.1) is 4.53 Å². The molecule has 0 saturated heterocycles. The van der Waals surface area contributed by atoms with Gasteiger partial charge in [0.15, 0.2) is 5.82 Å². The third-order valence-electron chi connectivity index (χ3n) is 4.52. The SMILES string of the molecule is O=c1/c(=C/c2cccc(OCc3ccccc3)c2)sc2nc(-c3ccncc3)nn12. The van der Waals surface area contributed by atoms with E-state index in [0.717, 1.165) is 22.4 Å². The van der Waals surface area contributed by atoms with Crippen molar-refractivity contribution in [2.24, 2.45) is 0 Å². The van der Waals surface area contributed by atoms with Gasteiger partial charge in [-0.25, -0.2) is 0 Å². The lowest BCUT2D eigenvalue weighted by molar-refractivity contribution is 0.306. The smallest absolute Gasteiger partial charge is 0.291 e. The van der Waals surface area contributed by atoms with Gasteiger partial charge in [-0.15, -0.1) is 5.10 Å². The molecule has 146 valence electrons. The van der Waals surface area contributed by atoms with E-state index >= 15 is 0 Å². The molecule has 0 unspecified atom stereocenters. The molecule has 0 N–H and O–H groups in total. The zero-order chi connectivity index (χ0) is 20.3. The van der Waals surface area contributed by atoms with Crippen LogP contribution < -0.4 is 14.8 Å². The lowest BCUT2D eigenvalue weighted by Crippen LogP contribution is -2.23. The first kappa shape index (κ1) is 18.2. The van der Waals surface area contributed by atoms with Crippen LogP contribution >= 0.6 is 11.3 Å². The monoisotopic (exact) mass is 412 g/mol. The van der Waals surface area contributed by atoms with E-state index in [-0.39, 0.29) is 5.56 Å². The Morgan fingerprint density at radius 1 is 1.00 bits per heavy atom. The van der Waals surface area contributed by atoms with Gasteiger partial charge in [0.2, 0.25) is 4.96 Å². The predicted octanol–water partition coefficient (Wildman–Crippen LogP) is 3.34. The van der Waals surface area contributed by atoms with Gasteiger partial charge in [0, 0.05) is 18.0 Å². The molecule has 0 atom stereocenters. The third-order valence-corrected chi connectivity index (χ3v) is 5.48. The predicted molar refractivity (Wildman–Crippen MR) is 116 cm³/mol. The lowest BCUT2D eigenvalue weighted by atomic mass is 10.2. The van der Waals surface area contributed by atoms with Crippen molar-refractivity contribution in [1.82, 2.24) is 19.6 Å². The Hall–Kier alpha value is -3.84. The minimum atomic E-state index is -0.182. The van der Waals surface area contributed by atoms with Crippen LogP contribution in [0.15, 0.2) is 83.9 Å². The van der Waals surface area contributed by atoms with Gasteiger partial charge in [0.1, 0.15) is 12.4 Å². The van der Waals surface area contributed by atoms with Crippen molar-refractivity contribution in [2.75, 3.05) is 0 Å². The Bertz CT molecular complexity index is 1410. The van der Waals surface area contributed by atoms with Gasteiger partial charge in [0.25, 0.3) is 5.56 Å². The van der Waals surface area contributed by atoms with Gasteiger partial charge in [-0.2, -0.15) is 9.50 Å². The molecule has 0 aliphatic rings. The summed E-state index contributed by atoms with van der Waals surface area (Å²) in [4.78, 5) is 21.8. The maximum atomic E-state index is 12.8. The van der Waals surface area contributed by atoms with Crippen LogP contribution in [0.25, 0.3) is 22.4 Å². The number of hydrogen-bond donors (Lipinski definition) is 0. The van der Waals surface area contributed by atoms with E-state index in [1.54, 1.807) is 12.4 Å². The second-order valence-corrected chi connectivity index (χ2v) is 7.64. The lowest BCUT2D eigenvalue weighted by Gasteiger charge is -2.06. The highest BCUT2D eigenvalue weighted by atomic mass is 32.1. The third kappa shape index (κ3) is 3.70. The molecule has 0 fully saturated rings. The number of fused-ring (bicyclic) bond motifs is 1. The van der Waals surface area contributed by atoms with E-state index in [0.29, 0.717) is 21.9 Å². The number of aromatic nitrogens is 4. The second kappa shape index (κ2) is 7.88. The Morgan fingerprint density at radius 3 is 2.63 bits per heavy atom. The fraction of sp³-hybridized carbons (Fsp3) is 0.0435. The van der Waals surface area contributed by atoms with Gasteiger partial charge in [-0.1, -0.05) is 53.8 Å². The topological polar surface area (TPSA) is 69.4 Å². The highest BCUT2D eigenvalue weighted by Crippen LogP contribution is 2.17. The van der Waals surface area contributed by atoms with Crippen LogP contribution in [0.1, 0.15) is 11.1 Å².